The Bertz CT molecular complexity index is 1810. The third-order valence-electron chi connectivity index (χ3n) is 22.5. The van der Waals surface area contributed by atoms with E-state index in [9.17, 15) is 29.7 Å². The molecule has 1 fully saturated rings. The highest BCUT2D eigenvalue weighted by Gasteiger charge is 2.53. The molecule has 11 atom stereocenters. The summed E-state index contributed by atoms with van der Waals surface area (Å²) in [6.45, 7) is 11.8. The Kier molecular flexibility index (Phi) is 63.7. The molecule has 0 aromatic heterocycles. The molecule has 0 spiro atoms. The van der Waals surface area contributed by atoms with E-state index < -0.39 is 24.9 Å². The number of carbonyl (C=O) groups excluding carboxylic acids is 3. The van der Waals surface area contributed by atoms with Crippen molar-refractivity contribution in [1.82, 2.24) is 0 Å². The van der Waals surface area contributed by atoms with Gasteiger partial charge in [-0.05, 0) is 118 Å². The van der Waals surface area contributed by atoms with Gasteiger partial charge in [0.25, 0.3) is 0 Å². The molecule has 0 radical (unpaired) electrons. The fraction of sp³-hybridized carbons (Fsp3) is 0.943. The minimum atomic E-state index is -1.01. The lowest BCUT2D eigenvalue weighted by Crippen LogP contribution is -2.52. The van der Waals surface area contributed by atoms with Gasteiger partial charge in [0.1, 0.15) is 24.9 Å². The molecule has 0 heterocycles. The van der Waals surface area contributed by atoms with Gasteiger partial charge >= 0.3 is 17.9 Å². The lowest BCUT2D eigenvalue weighted by molar-refractivity contribution is -0.148. The molecule has 2 aliphatic rings. The van der Waals surface area contributed by atoms with Crippen LogP contribution in [-0.4, -0.2) is 110 Å². The normalized spacial score (nSPS) is 20.1. The molecule has 11 unspecified atom stereocenters. The van der Waals surface area contributed by atoms with Crippen molar-refractivity contribution in [1.29, 1.82) is 0 Å². The highest BCUT2D eigenvalue weighted by Crippen LogP contribution is 2.60. The van der Waals surface area contributed by atoms with Crippen LogP contribution in [0.5, 0.6) is 0 Å². The van der Waals surface area contributed by atoms with Gasteiger partial charge in [-0.25, -0.2) is 0 Å². The first-order valence-electron chi connectivity index (χ1n) is 43.5. The monoisotopic (exact) mass is 1400 g/mol. The largest absolute Gasteiger partial charge is 0.466 e. The second-order valence-electron chi connectivity index (χ2n) is 31.4. The molecule has 12 heteroatoms. The number of fused-ring (bicyclic) bond motifs is 1. The summed E-state index contributed by atoms with van der Waals surface area (Å²) in [5.74, 6) is 5.35. The van der Waals surface area contributed by atoms with E-state index in [1.54, 1.807) is 0 Å². The second kappa shape index (κ2) is 67.8. The number of esters is 3. The maximum absolute atomic E-state index is 12.9. The van der Waals surface area contributed by atoms with Crippen LogP contribution in [0.1, 0.15) is 407 Å². The predicted molar refractivity (Wildman–Crippen MR) is 413 cm³/mol. The molecule has 584 valence electrons. The zero-order valence-corrected chi connectivity index (χ0v) is 65.7. The third kappa shape index (κ3) is 50.1. The van der Waals surface area contributed by atoms with E-state index in [0.717, 1.165) is 94.3 Å². The number of allylic oxidation sites excluding steroid dienone is 2. The second-order valence-corrected chi connectivity index (χ2v) is 31.4. The maximum atomic E-state index is 12.9. The zero-order chi connectivity index (χ0) is 71.7. The van der Waals surface area contributed by atoms with Gasteiger partial charge in [0.05, 0.1) is 46.2 Å². The molecule has 2 aliphatic carbocycles. The summed E-state index contributed by atoms with van der Waals surface area (Å²) in [4.78, 5) is 38.6. The van der Waals surface area contributed by atoms with Gasteiger partial charge in [-0.1, -0.05) is 329 Å². The Morgan fingerprint density at radius 2 is 0.525 bits per heavy atom. The van der Waals surface area contributed by atoms with E-state index in [1.807, 2.05) is 0 Å². The Hall–Kier alpha value is -2.09. The fourth-order valence-electron chi connectivity index (χ4n) is 16.9. The summed E-state index contributed by atoms with van der Waals surface area (Å²) in [5.41, 5.74) is 0. The van der Waals surface area contributed by atoms with Crippen LogP contribution in [0.15, 0.2) is 12.2 Å². The van der Waals surface area contributed by atoms with Gasteiger partial charge in [0.15, 0.2) is 0 Å². The van der Waals surface area contributed by atoms with E-state index in [1.165, 1.54) is 283 Å². The smallest absolute Gasteiger partial charge is 0.305 e. The van der Waals surface area contributed by atoms with Crippen LogP contribution in [0.4, 0.5) is 0 Å². The van der Waals surface area contributed by atoms with Crippen LogP contribution in [0.25, 0.3) is 0 Å². The molecule has 0 amide bonds. The quantitative estimate of drug-likeness (QED) is 0.0196. The van der Waals surface area contributed by atoms with E-state index >= 15 is 0 Å². The van der Waals surface area contributed by atoms with Gasteiger partial charge in [0.2, 0.25) is 0 Å². The van der Waals surface area contributed by atoms with Crippen molar-refractivity contribution >= 4 is 17.9 Å². The lowest BCUT2D eigenvalue weighted by atomic mass is 9.46. The average molecular weight is 1400 g/mol. The summed E-state index contributed by atoms with van der Waals surface area (Å²) >= 11 is 0. The van der Waals surface area contributed by atoms with Crippen molar-refractivity contribution in [3.05, 3.63) is 12.2 Å². The number of unbranched alkanes of at least 4 members (excludes halogenated alkanes) is 41. The molecular weight excluding hydrogens is 1240 g/mol. The first kappa shape index (κ1) is 93.0. The van der Waals surface area contributed by atoms with E-state index in [0.29, 0.717) is 56.1 Å². The number of ether oxygens (including phenoxy) is 5. The molecule has 12 nitrogen and oxygen atoms in total. The number of aliphatic hydroxyl groups is 4. The molecule has 0 bridgehead atoms. The third-order valence-corrected chi connectivity index (χ3v) is 22.5. The van der Waals surface area contributed by atoms with Gasteiger partial charge < -0.3 is 44.1 Å². The van der Waals surface area contributed by atoms with Gasteiger partial charge in [-0.3, -0.25) is 14.4 Å². The Balaban J connectivity index is 2.28. The minimum Gasteiger partial charge on any atom is -0.466 e. The van der Waals surface area contributed by atoms with E-state index in [-0.39, 0.29) is 50.9 Å². The van der Waals surface area contributed by atoms with E-state index in [2.05, 4.69) is 46.8 Å². The Morgan fingerprint density at radius 1 is 0.283 bits per heavy atom. The number of carbonyl (C=O) groups is 3. The SMILES string of the molecule is CCCCCCCCCCCCOC(=O)CCCCCCCC1C=CC(CCCCCC)C2C(CCCCCC)C(CCCCCCCC)C(CCCCCCCC(=O)OCCCCCCCCCCCC)C(CCCCCCCC(=O)OCC(O)COCC(O)COCC(O)CO)C12. The number of hydrogen-bond donors (Lipinski definition) is 4. The summed E-state index contributed by atoms with van der Waals surface area (Å²) in [6.07, 6.45) is 73.0. The van der Waals surface area contributed by atoms with E-state index in [4.69, 9.17) is 28.8 Å². The molecule has 2 rings (SSSR count). The Morgan fingerprint density at radius 3 is 0.848 bits per heavy atom. The van der Waals surface area contributed by atoms with Gasteiger partial charge in [0, 0.05) is 19.3 Å². The molecule has 0 saturated heterocycles. The van der Waals surface area contributed by atoms with Crippen molar-refractivity contribution in [2.75, 3.05) is 52.9 Å². The van der Waals surface area contributed by atoms with Crippen molar-refractivity contribution in [3.8, 4) is 0 Å². The summed E-state index contributed by atoms with van der Waals surface area (Å²) in [6, 6.07) is 0. The highest BCUT2D eigenvalue weighted by molar-refractivity contribution is 5.69. The molecule has 1 saturated carbocycles. The highest BCUT2D eigenvalue weighted by atomic mass is 16.6. The first-order chi connectivity index (χ1) is 48.5. The Labute approximate surface area is 611 Å². The molecule has 99 heavy (non-hydrogen) atoms. The maximum Gasteiger partial charge on any atom is 0.305 e. The van der Waals surface area contributed by atoms with Crippen LogP contribution in [0.3, 0.4) is 0 Å². The van der Waals surface area contributed by atoms with Crippen LogP contribution < -0.4 is 0 Å². The number of hydrogen-bond acceptors (Lipinski definition) is 12. The zero-order valence-electron chi connectivity index (χ0n) is 65.7. The standard InChI is InChI=1S/C87H164O12/c1-6-11-16-21-24-26-28-30-42-53-66-97-83(92)61-50-39-32-35-45-56-75-65-64-74(55-44-19-14-9-4)86-81(59-46-20-15-10-5)79(57-47-36-23-18-13-8-3)80(58-48-37-33-40-51-62-84(93)98-67-54-43-31-29-27-25-22-17-12-7-2)82(87(75)86)60-49-38-34-41-52-63-85(94)99-73-78(91)72-96-71-77(90)70-95-69-76(89)68-88/h64-65,74-82,86-91H,6-63,66-73H2,1-5H3. The summed E-state index contributed by atoms with van der Waals surface area (Å²) in [5, 5.41) is 38.9. The van der Waals surface area contributed by atoms with Gasteiger partial charge in [-0.2, -0.15) is 0 Å². The van der Waals surface area contributed by atoms with Gasteiger partial charge in [-0.15, -0.1) is 0 Å². The van der Waals surface area contributed by atoms with Crippen LogP contribution in [0, 0.1) is 47.3 Å². The van der Waals surface area contributed by atoms with Crippen molar-refractivity contribution in [3.63, 3.8) is 0 Å². The van der Waals surface area contributed by atoms with Crippen LogP contribution in [0.2, 0.25) is 0 Å². The van der Waals surface area contributed by atoms with Crippen molar-refractivity contribution < 1.29 is 58.5 Å². The van der Waals surface area contributed by atoms with Crippen molar-refractivity contribution in [2.45, 2.75) is 425 Å². The minimum absolute atomic E-state index is 0.00509. The fourth-order valence-corrected chi connectivity index (χ4v) is 16.9. The van der Waals surface area contributed by atoms with Crippen LogP contribution in [-0.2, 0) is 38.1 Å². The van der Waals surface area contributed by atoms with Crippen LogP contribution >= 0.6 is 0 Å². The first-order valence-corrected chi connectivity index (χ1v) is 43.5. The molecule has 4 N–H and O–H groups in total. The molecular formula is C87H164O12. The molecule has 0 aromatic rings. The number of rotatable bonds is 74. The lowest BCUT2D eigenvalue weighted by Gasteiger charge is -2.58. The topological polar surface area (TPSA) is 178 Å². The molecule has 0 aliphatic heterocycles. The molecule has 0 aromatic carbocycles. The summed E-state index contributed by atoms with van der Waals surface area (Å²) < 4.78 is 27.5. The average Bonchev–Trinajstić information content (AvgIpc) is 0.741. The number of aliphatic hydroxyl groups excluding tert-OH is 4. The summed E-state index contributed by atoms with van der Waals surface area (Å²) in [7, 11) is 0. The predicted octanol–water partition coefficient (Wildman–Crippen LogP) is 23.0. The van der Waals surface area contributed by atoms with Crippen molar-refractivity contribution in [2.24, 2.45) is 47.3 Å².